The van der Waals surface area contributed by atoms with Gasteiger partial charge in [0.05, 0.1) is 5.92 Å². The normalized spacial score (nSPS) is 17.1. The molecule has 0 aliphatic heterocycles. The van der Waals surface area contributed by atoms with Crippen molar-refractivity contribution in [2.75, 3.05) is 6.54 Å². The van der Waals surface area contributed by atoms with E-state index in [0.717, 1.165) is 12.8 Å². The summed E-state index contributed by atoms with van der Waals surface area (Å²) in [7, 11) is 0. The zero-order valence-corrected chi connectivity index (χ0v) is 16.6. The van der Waals surface area contributed by atoms with Gasteiger partial charge in [-0.25, -0.2) is 0 Å². The topological polar surface area (TPSA) is 29.1 Å². The van der Waals surface area contributed by atoms with Crippen LogP contribution in [-0.4, -0.2) is 12.5 Å². The third-order valence-corrected chi connectivity index (χ3v) is 5.97. The van der Waals surface area contributed by atoms with Crippen LogP contribution in [0.1, 0.15) is 34.2 Å². The molecular weight excluding hydrogens is 342 g/mol. The summed E-state index contributed by atoms with van der Waals surface area (Å²) in [5.74, 6) is 0.158. The fourth-order valence-corrected chi connectivity index (χ4v) is 4.18. The van der Waals surface area contributed by atoms with Gasteiger partial charge in [-0.1, -0.05) is 90.0 Å². The molecular formula is C26H27NO. The highest BCUT2D eigenvalue weighted by molar-refractivity contribution is 5.86. The Morgan fingerprint density at radius 2 is 1.39 bits per heavy atom. The highest BCUT2D eigenvalue weighted by Gasteiger charge is 2.60. The smallest absolute Gasteiger partial charge is 0.224 e. The number of carbonyl (C=O) groups excluding carboxylic acids is 1. The van der Waals surface area contributed by atoms with Crippen LogP contribution in [0.25, 0.3) is 0 Å². The van der Waals surface area contributed by atoms with Crippen LogP contribution in [-0.2, 0) is 16.6 Å². The van der Waals surface area contributed by atoms with Gasteiger partial charge >= 0.3 is 0 Å². The molecule has 0 bridgehead atoms. The van der Waals surface area contributed by atoms with Gasteiger partial charge < -0.3 is 5.32 Å². The van der Waals surface area contributed by atoms with Gasteiger partial charge in [0.25, 0.3) is 0 Å². The maximum absolute atomic E-state index is 13.0. The SMILES string of the molecule is Cc1ccc(C2(c3ccc(C)cc3)C[C@H]2C(=O)NCCc2ccccc2)cc1. The number of aryl methyl sites for hydroxylation is 2. The third kappa shape index (κ3) is 3.60. The van der Waals surface area contributed by atoms with Gasteiger partial charge in [-0.15, -0.1) is 0 Å². The Hall–Kier alpha value is -2.87. The van der Waals surface area contributed by atoms with Gasteiger partial charge in [-0.3, -0.25) is 4.79 Å². The molecule has 1 atom stereocenters. The summed E-state index contributed by atoms with van der Waals surface area (Å²) in [5.41, 5.74) is 6.02. The number of benzene rings is 3. The summed E-state index contributed by atoms with van der Waals surface area (Å²) >= 11 is 0. The van der Waals surface area contributed by atoms with E-state index in [9.17, 15) is 4.79 Å². The lowest BCUT2D eigenvalue weighted by Crippen LogP contribution is -2.30. The molecule has 0 heterocycles. The van der Waals surface area contributed by atoms with E-state index >= 15 is 0 Å². The lowest BCUT2D eigenvalue weighted by Gasteiger charge is -2.19. The standard InChI is InChI=1S/C26H27NO/c1-19-8-12-22(13-9-19)26(23-14-10-20(2)11-15-23)18-24(26)25(28)27-17-16-21-6-4-3-5-7-21/h3-15,24H,16-18H2,1-2H3,(H,27,28)/t24-/m0/s1. The van der Waals surface area contributed by atoms with Crippen molar-refractivity contribution in [3.05, 3.63) is 107 Å². The molecule has 1 aliphatic rings. The lowest BCUT2D eigenvalue weighted by molar-refractivity contribution is -0.122. The number of nitrogens with one attached hydrogen (secondary N) is 1. The molecule has 28 heavy (non-hydrogen) atoms. The van der Waals surface area contributed by atoms with E-state index in [1.807, 2.05) is 18.2 Å². The highest BCUT2D eigenvalue weighted by Crippen LogP contribution is 2.59. The van der Waals surface area contributed by atoms with Gasteiger partial charge in [0.1, 0.15) is 0 Å². The van der Waals surface area contributed by atoms with Gasteiger partial charge in [-0.2, -0.15) is 0 Å². The zero-order chi connectivity index (χ0) is 19.6. The van der Waals surface area contributed by atoms with Crippen molar-refractivity contribution in [1.82, 2.24) is 5.32 Å². The Morgan fingerprint density at radius 3 is 1.93 bits per heavy atom. The molecule has 0 radical (unpaired) electrons. The first-order valence-electron chi connectivity index (χ1n) is 10.1. The first kappa shape index (κ1) is 18.5. The van der Waals surface area contributed by atoms with E-state index in [-0.39, 0.29) is 17.2 Å². The largest absolute Gasteiger partial charge is 0.355 e. The second kappa shape index (κ2) is 7.63. The molecule has 1 amide bonds. The van der Waals surface area contributed by atoms with E-state index in [1.54, 1.807) is 0 Å². The Bertz CT molecular complexity index is 896. The monoisotopic (exact) mass is 369 g/mol. The molecule has 3 aromatic carbocycles. The Labute approximate surface area is 167 Å². The number of hydrogen-bond acceptors (Lipinski definition) is 1. The third-order valence-electron chi connectivity index (χ3n) is 5.97. The molecule has 0 saturated heterocycles. The quantitative estimate of drug-likeness (QED) is 0.653. The summed E-state index contributed by atoms with van der Waals surface area (Å²) in [4.78, 5) is 13.0. The van der Waals surface area contributed by atoms with Crippen LogP contribution in [0.4, 0.5) is 0 Å². The van der Waals surface area contributed by atoms with Gasteiger partial charge in [-0.05, 0) is 43.4 Å². The highest BCUT2D eigenvalue weighted by atomic mass is 16.2. The fourth-order valence-electron chi connectivity index (χ4n) is 4.18. The van der Waals surface area contributed by atoms with Crippen molar-refractivity contribution in [3.8, 4) is 0 Å². The van der Waals surface area contributed by atoms with Crippen LogP contribution >= 0.6 is 0 Å². The molecule has 0 spiro atoms. The molecule has 4 rings (SSSR count). The summed E-state index contributed by atoms with van der Waals surface area (Å²) in [6, 6.07) is 27.6. The van der Waals surface area contributed by atoms with Gasteiger partial charge in [0.2, 0.25) is 5.91 Å². The molecule has 1 N–H and O–H groups in total. The van der Waals surface area contributed by atoms with Crippen LogP contribution in [0.2, 0.25) is 0 Å². The number of carbonyl (C=O) groups is 1. The molecule has 1 fully saturated rings. The van der Waals surface area contributed by atoms with Crippen LogP contribution < -0.4 is 5.32 Å². The maximum atomic E-state index is 13.0. The second-order valence-corrected chi connectivity index (χ2v) is 7.99. The Kier molecular flexibility index (Phi) is 5.04. The summed E-state index contributed by atoms with van der Waals surface area (Å²) in [6.45, 7) is 4.88. The van der Waals surface area contributed by atoms with E-state index in [1.165, 1.54) is 27.8 Å². The first-order valence-corrected chi connectivity index (χ1v) is 10.1. The molecule has 1 aliphatic carbocycles. The van der Waals surface area contributed by atoms with Crippen molar-refractivity contribution in [1.29, 1.82) is 0 Å². The number of hydrogen-bond donors (Lipinski definition) is 1. The minimum atomic E-state index is -0.196. The van der Waals surface area contributed by atoms with E-state index in [2.05, 4.69) is 79.8 Å². The van der Waals surface area contributed by atoms with Crippen LogP contribution in [0.5, 0.6) is 0 Å². The Morgan fingerprint density at radius 1 is 0.857 bits per heavy atom. The molecule has 142 valence electrons. The predicted molar refractivity (Wildman–Crippen MR) is 114 cm³/mol. The van der Waals surface area contributed by atoms with Crippen LogP contribution in [0, 0.1) is 19.8 Å². The van der Waals surface area contributed by atoms with Gasteiger partial charge in [0, 0.05) is 12.0 Å². The van der Waals surface area contributed by atoms with Crippen molar-refractivity contribution >= 4 is 5.91 Å². The average Bonchev–Trinajstić information content (AvgIpc) is 3.47. The van der Waals surface area contributed by atoms with Crippen molar-refractivity contribution in [2.24, 2.45) is 5.92 Å². The van der Waals surface area contributed by atoms with E-state index in [0.29, 0.717) is 6.54 Å². The summed E-state index contributed by atoms with van der Waals surface area (Å²) in [6.07, 6.45) is 1.73. The van der Waals surface area contributed by atoms with E-state index < -0.39 is 0 Å². The summed E-state index contributed by atoms with van der Waals surface area (Å²) in [5, 5.41) is 3.17. The Balaban J connectivity index is 1.52. The lowest BCUT2D eigenvalue weighted by atomic mass is 9.85. The van der Waals surface area contributed by atoms with Crippen LogP contribution in [0.3, 0.4) is 0 Å². The van der Waals surface area contributed by atoms with Crippen molar-refractivity contribution < 1.29 is 4.79 Å². The predicted octanol–water partition coefficient (Wildman–Crippen LogP) is 4.97. The second-order valence-electron chi connectivity index (χ2n) is 7.99. The molecule has 2 nitrogen and oxygen atoms in total. The molecule has 0 aromatic heterocycles. The maximum Gasteiger partial charge on any atom is 0.224 e. The minimum Gasteiger partial charge on any atom is -0.355 e. The minimum absolute atomic E-state index is 0.00585. The van der Waals surface area contributed by atoms with Crippen molar-refractivity contribution in [2.45, 2.75) is 32.1 Å². The number of rotatable bonds is 6. The molecule has 1 saturated carbocycles. The van der Waals surface area contributed by atoms with Gasteiger partial charge in [0.15, 0.2) is 0 Å². The van der Waals surface area contributed by atoms with Crippen LogP contribution in [0.15, 0.2) is 78.9 Å². The zero-order valence-electron chi connectivity index (χ0n) is 16.6. The molecule has 2 heteroatoms. The van der Waals surface area contributed by atoms with E-state index in [4.69, 9.17) is 0 Å². The molecule has 0 unspecified atom stereocenters. The first-order chi connectivity index (χ1) is 13.6. The average molecular weight is 370 g/mol. The fraction of sp³-hybridized carbons (Fsp3) is 0.269. The number of amides is 1. The van der Waals surface area contributed by atoms with Crippen molar-refractivity contribution in [3.63, 3.8) is 0 Å². The summed E-state index contributed by atoms with van der Waals surface area (Å²) < 4.78 is 0. The molecule has 3 aromatic rings.